The molecule has 30 nitrogen and oxygen atoms in total. The maximum absolute atomic E-state index is 14.3. The van der Waals surface area contributed by atoms with Gasteiger partial charge < -0.3 is 82.5 Å². The number of nitrogens with zero attached hydrogens (tertiary/aromatic N) is 22. The van der Waals surface area contributed by atoms with Gasteiger partial charge in [0.05, 0.1) is 65.7 Å². The van der Waals surface area contributed by atoms with Crippen molar-refractivity contribution < 1.29 is 37.7 Å². The van der Waals surface area contributed by atoms with E-state index in [2.05, 4.69) is 203 Å². The number of nitrogens with one attached hydrogen (secondary N) is 1. The number of piperazine rings is 3. The van der Waals surface area contributed by atoms with Crippen LogP contribution < -0.4 is 43.6 Å². The van der Waals surface area contributed by atoms with E-state index in [1.54, 1.807) is 21.6 Å². The van der Waals surface area contributed by atoms with Gasteiger partial charge in [-0.05, 0) is 165 Å². The number of fused-ring (bicyclic) bond motifs is 6. The summed E-state index contributed by atoms with van der Waals surface area (Å²) in [7, 11) is 4.25. The molecule has 9 aliphatic heterocycles. The molecule has 3 amide bonds. The van der Waals surface area contributed by atoms with Gasteiger partial charge in [0.2, 0.25) is 37.4 Å². The van der Waals surface area contributed by atoms with E-state index < -0.39 is 5.67 Å². The minimum absolute atomic E-state index is 0. The SMILES string of the molecule is S.S.[C-]#[N+]C[C@H]1CN(c2nc(OCCN3CCC(C)(F)CC3)nc3c2CCN(c2cccc4cccc(Cl)c24)C3)CCN1C(=O)C=C.[C-]#[N+]C[C@H]1CN(c2nc(OC[C@@H]3CCCN3C)nc3c2CCN(c2c(C)c(C)cc4[nH]ncc24)C3)CCN1C(=O)C=C.[C-]#[N+]C[C@H]1CN(c2nc(OC[C@H]3CN(C)C(C)(C)CO3)nc3c2CCN(c2cccc4ccccc24)C3)CCN1C(=O)C=C. The second-order valence-corrected chi connectivity index (χ2v) is 37.0. The van der Waals surface area contributed by atoms with Gasteiger partial charge in [-0.2, -0.15) is 62.0 Å². The van der Waals surface area contributed by atoms with Crippen LogP contribution in [0.4, 0.5) is 38.9 Å². The second-order valence-electron chi connectivity index (χ2n) is 36.5. The van der Waals surface area contributed by atoms with Crippen LogP contribution in [0.25, 0.3) is 47.0 Å². The highest BCUT2D eigenvalue weighted by molar-refractivity contribution is 7.59. The number of benzene rings is 5. The van der Waals surface area contributed by atoms with E-state index in [4.69, 9.17) is 80.2 Å². The molecule has 6 saturated heterocycles. The molecule has 4 aromatic heterocycles. The van der Waals surface area contributed by atoms with Gasteiger partial charge in [-0.25, -0.2) is 24.1 Å². The smallest absolute Gasteiger partial charge is 0.318 e. The molecule has 9 aliphatic rings. The molecule has 5 atom stereocenters. The lowest BCUT2D eigenvalue weighted by Crippen LogP contribution is -2.56. The number of morpholine rings is 1. The third kappa shape index (κ3) is 21.8. The molecule has 0 aliphatic carbocycles. The first-order valence-corrected chi connectivity index (χ1v) is 46.2. The molecular weight excluding hydrogens is 1740 g/mol. The third-order valence-corrected chi connectivity index (χ3v) is 28.0. The number of carbonyl (C=O) groups is 3. The van der Waals surface area contributed by atoms with Crippen LogP contribution in [0.3, 0.4) is 0 Å². The maximum atomic E-state index is 14.3. The normalized spacial score (nSPS) is 20.6. The zero-order chi connectivity index (χ0) is 91.8. The Labute approximate surface area is 798 Å². The van der Waals surface area contributed by atoms with Gasteiger partial charge in [-0.3, -0.25) is 29.3 Å². The Balaban J connectivity index is 0.000000159. The van der Waals surface area contributed by atoms with Crippen molar-refractivity contribution in [3.05, 3.63) is 213 Å². The van der Waals surface area contributed by atoms with E-state index in [1.807, 2.05) is 18.3 Å². The Hall–Kier alpha value is -11.6. The van der Waals surface area contributed by atoms with E-state index >= 15 is 0 Å². The first kappa shape index (κ1) is 97.4. The van der Waals surface area contributed by atoms with Crippen molar-refractivity contribution in [2.24, 2.45) is 0 Å². The van der Waals surface area contributed by atoms with Crippen LogP contribution in [0.5, 0.6) is 18.0 Å². The summed E-state index contributed by atoms with van der Waals surface area (Å²) in [6.07, 6.45) is 11.4. The number of aryl methyl sites for hydroxylation is 1. The number of H-pyrrole nitrogens is 1. The van der Waals surface area contributed by atoms with Crippen molar-refractivity contribution in [2.45, 2.75) is 141 Å². The van der Waals surface area contributed by atoms with Gasteiger partial charge in [-0.15, -0.1) is 0 Å². The molecule has 0 bridgehead atoms. The van der Waals surface area contributed by atoms with Gasteiger partial charge in [0.15, 0.2) is 0 Å². The van der Waals surface area contributed by atoms with E-state index in [0.717, 1.165) is 137 Å². The van der Waals surface area contributed by atoms with Gasteiger partial charge in [-0.1, -0.05) is 92.0 Å². The summed E-state index contributed by atoms with van der Waals surface area (Å²) < 4.78 is 39.2. The Morgan fingerprint density at radius 3 is 1.56 bits per heavy atom. The number of likely N-dealkylation sites (N-methyl/N-ethyl adjacent to an activating group) is 2. The zero-order valence-corrected chi connectivity index (χ0v) is 80.2. The largest absolute Gasteiger partial charge is 0.462 e. The summed E-state index contributed by atoms with van der Waals surface area (Å²) in [4.78, 5) is 104. The van der Waals surface area contributed by atoms with Crippen molar-refractivity contribution in [3.8, 4) is 18.0 Å². The van der Waals surface area contributed by atoms with Gasteiger partial charge in [0.1, 0.15) is 67.2 Å². The number of piperidine rings is 1. The van der Waals surface area contributed by atoms with Gasteiger partial charge in [0.25, 0.3) is 0 Å². The lowest BCUT2D eigenvalue weighted by Gasteiger charge is -2.43. The summed E-state index contributed by atoms with van der Waals surface area (Å²) >= 11 is 6.70. The molecular formula is C99H123ClFN23O7S2. The Kier molecular flexibility index (Phi) is 31.6. The van der Waals surface area contributed by atoms with Crippen LogP contribution in [-0.4, -0.2) is 300 Å². The van der Waals surface area contributed by atoms with Gasteiger partial charge in [0, 0.05) is 161 Å². The monoisotopic (exact) mass is 1860 g/mol. The number of aromatic amines is 1. The minimum atomic E-state index is -1.10. The third-order valence-electron chi connectivity index (χ3n) is 27.7. The van der Waals surface area contributed by atoms with E-state index in [-0.39, 0.29) is 94.1 Å². The van der Waals surface area contributed by atoms with Crippen LogP contribution in [-0.2, 0) is 58.0 Å². The zero-order valence-electron chi connectivity index (χ0n) is 77.4. The van der Waals surface area contributed by atoms with Crippen molar-refractivity contribution in [2.75, 3.05) is 201 Å². The predicted octanol–water partition coefficient (Wildman–Crippen LogP) is 12.3. The standard InChI is InChI=1S/C34H39ClFN7O2.C34H41N7O3.C31H39N9O2.2H2S/c1-4-30(44)43-18-17-42(22-25(43)21-37-3)32-26-11-14-41(29-10-6-8-24-7-5-9-27(35)31(24)29)23-28(26)38-33(39-32)45-20-19-40-15-12-34(2,36)13-16-40;1-6-31(42)41-17-16-40(19-25(41)18-35-4)32-28-14-15-39(30-13-9-11-24-10-7-8-12-27(24)30)21-29(28)36-33(37-32)43-22-26-20-38(5)34(2,3)23-44-26;1-6-28(41)40-13-12-39(17-23(40)15-32-4)30-24-9-11-38(29-21(3)20(2)14-26-25(29)16-33-36-26)18-27(24)34-31(35-30)42-19-22-8-7-10-37(22)5;;/h4-10,25H,1,11-23H2,2H3;6-13,25-26H,1,14-23H2,2-3,5H3;6,14,16,22-23H,1,7-13,15,17-19H2,2-3,5H3,(H,33,36);2*1H2/t25-;25-,26+;22-,23-;;/m000../s1. The molecule has 0 spiro atoms. The molecule has 133 heavy (non-hydrogen) atoms. The predicted molar refractivity (Wildman–Crippen MR) is 532 cm³/mol. The van der Waals surface area contributed by atoms with E-state index in [1.165, 1.54) is 57.9 Å². The van der Waals surface area contributed by atoms with Crippen molar-refractivity contribution in [1.82, 2.24) is 69.5 Å². The summed E-state index contributed by atoms with van der Waals surface area (Å²) in [6, 6.07) is 29.9. The molecule has 0 radical (unpaired) electrons. The lowest BCUT2D eigenvalue weighted by atomic mass is 9.96. The fourth-order valence-corrected chi connectivity index (χ4v) is 20.1. The molecule has 0 unspecified atom stereocenters. The number of likely N-dealkylation sites (tertiary alicyclic amines) is 2. The highest BCUT2D eigenvalue weighted by Crippen LogP contribution is 2.42. The fourth-order valence-electron chi connectivity index (χ4n) is 19.8. The van der Waals surface area contributed by atoms with E-state index in [9.17, 15) is 18.8 Å². The number of carbonyl (C=O) groups excluding carboxylic acids is 3. The molecule has 6 fully saturated rings. The van der Waals surface area contributed by atoms with Crippen LogP contribution in [0.15, 0.2) is 129 Å². The highest BCUT2D eigenvalue weighted by atomic mass is 35.5. The molecule has 1 N–H and O–H groups in total. The quantitative estimate of drug-likeness (QED) is 0.0489. The molecule has 9 aromatic rings. The topological polar surface area (TPSA) is 246 Å². The number of hydrogen-bond acceptors (Lipinski definition) is 23. The number of amides is 3. The molecule has 0 saturated carbocycles. The molecule has 34 heteroatoms. The number of anilines is 6. The fraction of sp³-hybridized carbons (Fsp3) is 0.485. The minimum Gasteiger partial charge on any atom is -0.462 e. The Bertz CT molecular complexity index is 5870. The Morgan fingerprint density at radius 1 is 0.564 bits per heavy atom. The lowest BCUT2D eigenvalue weighted by molar-refractivity contribution is -0.129. The van der Waals surface area contributed by atoms with Crippen LogP contribution >= 0.6 is 38.6 Å². The number of alkyl halides is 1. The Morgan fingerprint density at radius 2 is 1.05 bits per heavy atom. The second kappa shape index (κ2) is 43.2. The number of aromatic nitrogens is 8. The average Bonchev–Trinajstić information content (AvgIpc) is 1.74. The highest BCUT2D eigenvalue weighted by Gasteiger charge is 2.42. The molecule has 13 heterocycles. The van der Waals surface area contributed by atoms with Gasteiger partial charge >= 0.3 is 18.0 Å². The molecule has 18 rings (SSSR count). The summed E-state index contributed by atoms with van der Waals surface area (Å²) in [5.41, 5.74) is 11.9. The summed E-state index contributed by atoms with van der Waals surface area (Å²) in [5.74, 6) is 2.08. The van der Waals surface area contributed by atoms with E-state index in [0.29, 0.717) is 167 Å². The average molecular weight is 1870 g/mol. The first-order valence-electron chi connectivity index (χ1n) is 45.8. The first-order chi connectivity index (χ1) is 63.4. The number of halogens is 2. The van der Waals surface area contributed by atoms with Crippen LogP contribution in [0.2, 0.25) is 5.02 Å². The number of rotatable bonds is 22. The molecule has 702 valence electrons. The van der Waals surface area contributed by atoms with Crippen LogP contribution in [0, 0.1) is 33.6 Å². The summed E-state index contributed by atoms with van der Waals surface area (Å²) in [6.45, 7) is 59.4. The maximum Gasteiger partial charge on any atom is 0.318 e. The van der Waals surface area contributed by atoms with Crippen molar-refractivity contribution in [3.63, 3.8) is 0 Å². The van der Waals surface area contributed by atoms with Crippen molar-refractivity contribution in [1.29, 1.82) is 0 Å². The van der Waals surface area contributed by atoms with Crippen LogP contribution in [0.1, 0.15) is 91.4 Å². The summed E-state index contributed by atoms with van der Waals surface area (Å²) in [5, 5.41) is 13.8. The molecule has 5 aromatic carbocycles. The number of ether oxygens (including phenoxy) is 4. The number of hydrogen-bond donors (Lipinski definition) is 1. The van der Waals surface area contributed by atoms with Crippen molar-refractivity contribution >= 4 is 123 Å².